The number of hydrogen-bond acceptors (Lipinski definition) is 4. The van der Waals surface area contributed by atoms with Gasteiger partial charge >= 0.3 is 0 Å². The highest BCUT2D eigenvalue weighted by atomic mass is 35.5. The van der Waals surface area contributed by atoms with E-state index in [0.717, 1.165) is 24.9 Å². The van der Waals surface area contributed by atoms with Gasteiger partial charge in [0.05, 0.1) is 6.26 Å². The molecule has 3 N–H and O–H groups in total. The maximum absolute atomic E-state index is 11.9. The molecule has 1 amide bonds. The molecule has 112 valence electrons. The lowest BCUT2D eigenvalue weighted by molar-refractivity contribution is 0.0954. The maximum atomic E-state index is 11.9. The summed E-state index contributed by atoms with van der Waals surface area (Å²) >= 11 is 0. The smallest absolute Gasteiger partial charge is 0.251 e. The number of carbonyl (C=O) groups excluding carboxylic acids is 1. The van der Waals surface area contributed by atoms with Crippen molar-refractivity contribution in [2.45, 2.75) is 13.1 Å². The average Bonchev–Trinajstić information content (AvgIpc) is 2.80. The molecule has 6 nitrogen and oxygen atoms in total. The van der Waals surface area contributed by atoms with Gasteiger partial charge in [-0.25, -0.2) is 13.1 Å². The van der Waals surface area contributed by atoms with Crippen LogP contribution >= 0.6 is 12.4 Å². The summed E-state index contributed by atoms with van der Waals surface area (Å²) < 4.78 is 24.0. The minimum atomic E-state index is -3.20. The molecular formula is C12H18ClN3O3S. The van der Waals surface area contributed by atoms with Crippen molar-refractivity contribution in [3.63, 3.8) is 0 Å². The van der Waals surface area contributed by atoms with E-state index >= 15 is 0 Å². The summed E-state index contributed by atoms with van der Waals surface area (Å²) in [5, 5.41) is 5.89. The first-order valence-electron chi connectivity index (χ1n) is 6.01. The van der Waals surface area contributed by atoms with Gasteiger partial charge in [-0.1, -0.05) is 6.07 Å². The van der Waals surface area contributed by atoms with E-state index in [1.54, 1.807) is 6.07 Å². The zero-order valence-corrected chi connectivity index (χ0v) is 12.7. The Morgan fingerprint density at radius 1 is 1.25 bits per heavy atom. The van der Waals surface area contributed by atoms with Gasteiger partial charge < -0.3 is 10.6 Å². The molecule has 0 saturated carbocycles. The van der Waals surface area contributed by atoms with Gasteiger partial charge in [0.2, 0.25) is 10.0 Å². The Morgan fingerprint density at radius 3 is 2.65 bits per heavy atom. The van der Waals surface area contributed by atoms with Gasteiger partial charge in [-0.05, 0) is 23.3 Å². The molecule has 0 aromatic heterocycles. The highest BCUT2D eigenvalue weighted by molar-refractivity contribution is 7.88. The molecular weight excluding hydrogens is 302 g/mol. The first-order valence-corrected chi connectivity index (χ1v) is 7.90. The zero-order valence-electron chi connectivity index (χ0n) is 11.1. The van der Waals surface area contributed by atoms with Crippen molar-refractivity contribution in [3.8, 4) is 0 Å². The average molecular weight is 320 g/mol. The van der Waals surface area contributed by atoms with Crippen LogP contribution in [0.25, 0.3) is 0 Å². The molecule has 0 fully saturated rings. The van der Waals surface area contributed by atoms with Gasteiger partial charge in [-0.3, -0.25) is 4.79 Å². The SMILES string of the molecule is CS(=O)(=O)NCCNC(=O)c1ccc2c(c1)CNC2.Cl. The number of benzene rings is 1. The molecule has 20 heavy (non-hydrogen) atoms. The summed E-state index contributed by atoms with van der Waals surface area (Å²) in [6, 6.07) is 5.60. The van der Waals surface area contributed by atoms with E-state index < -0.39 is 10.0 Å². The van der Waals surface area contributed by atoms with Crippen molar-refractivity contribution >= 4 is 28.3 Å². The van der Waals surface area contributed by atoms with E-state index in [9.17, 15) is 13.2 Å². The third-order valence-electron chi connectivity index (χ3n) is 2.87. The minimum Gasteiger partial charge on any atom is -0.351 e. The van der Waals surface area contributed by atoms with E-state index in [1.165, 1.54) is 5.56 Å². The van der Waals surface area contributed by atoms with Crippen LogP contribution in [0.3, 0.4) is 0 Å². The molecule has 1 aliphatic rings. The lowest BCUT2D eigenvalue weighted by Crippen LogP contribution is -2.34. The molecule has 0 unspecified atom stereocenters. The second-order valence-corrected chi connectivity index (χ2v) is 6.34. The van der Waals surface area contributed by atoms with Crippen molar-refractivity contribution < 1.29 is 13.2 Å². The van der Waals surface area contributed by atoms with Crippen LogP contribution in [0.5, 0.6) is 0 Å². The van der Waals surface area contributed by atoms with Crippen molar-refractivity contribution in [1.29, 1.82) is 0 Å². The van der Waals surface area contributed by atoms with Crippen LogP contribution < -0.4 is 15.4 Å². The van der Waals surface area contributed by atoms with Gasteiger partial charge in [0.25, 0.3) is 5.91 Å². The number of halogens is 1. The number of amides is 1. The Balaban J connectivity index is 0.00000200. The predicted octanol–water partition coefficient (Wildman–Crippen LogP) is -0.00940. The summed E-state index contributed by atoms with van der Waals surface area (Å²) in [5.74, 6) is -0.190. The number of carbonyl (C=O) groups is 1. The standard InChI is InChI=1S/C12H17N3O3S.ClH/c1-19(17,18)15-5-4-14-12(16)9-2-3-10-7-13-8-11(10)6-9;/h2-3,6,13,15H,4-5,7-8H2,1H3,(H,14,16);1H. The van der Waals surface area contributed by atoms with Crippen LogP contribution in [0, 0.1) is 0 Å². The van der Waals surface area contributed by atoms with Crippen LogP contribution in [0.15, 0.2) is 18.2 Å². The lowest BCUT2D eigenvalue weighted by atomic mass is 10.1. The van der Waals surface area contributed by atoms with Gasteiger partial charge in [0.15, 0.2) is 0 Å². The third-order valence-corrected chi connectivity index (χ3v) is 3.60. The zero-order chi connectivity index (χ0) is 13.9. The maximum Gasteiger partial charge on any atom is 0.251 e. The molecule has 2 rings (SSSR count). The third kappa shape index (κ3) is 4.75. The van der Waals surface area contributed by atoms with E-state index in [4.69, 9.17) is 0 Å². The number of rotatable bonds is 5. The number of fused-ring (bicyclic) bond motifs is 1. The fourth-order valence-electron chi connectivity index (χ4n) is 1.95. The fraction of sp³-hybridized carbons (Fsp3) is 0.417. The number of hydrogen-bond donors (Lipinski definition) is 3. The molecule has 0 atom stereocenters. The molecule has 1 heterocycles. The predicted molar refractivity (Wildman–Crippen MR) is 79.4 cm³/mol. The Bertz CT molecular complexity index is 590. The first-order chi connectivity index (χ1) is 8.96. The largest absolute Gasteiger partial charge is 0.351 e. The lowest BCUT2D eigenvalue weighted by Gasteiger charge is -2.07. The highest BCUT2D eigenvalue weighted by Gasteiger charge is 2.13. The molecule has 0 spiro atoms. The van der Waals surface area contributed by atoms with E-state index in [0.29, 0.717) is 5.56 Å². The molecule has 0 bridgehead atoms. The van der Waals surface area contributed by atoms with Crippen molar-refractivity contribution in [1.82, 2.24) is 15.4 Å². The van der Waals surface area contributed by atoms with Crippen LogP contribution in [0.2, 0.25) is 0 Å². The Labute approximate surface area is 124 Å². The summed E-state index contributed by atoms with van der Waals surface area (Å²) in [5.41, 5.74) is 2.96. The van der Waals surface area contributed by atoms with Crippen molar-refractivity contribution in [3.05, 3.63) is 34.9 Å². The quantitative estimate of drug-likeness (QED) is 0.666. The normalized spacial score (nSPS) is 13.4. The van der Waals surface area contributed by atoms with Crippen LogP contribution in [-0.2, 0) is 23.1 Å². The van der Waals surface area contributed by atoms with E-state index in [2.05, 4.69) is 15.4 Å². The molecule has 1 aromatic carbocycles. The second kappa shape index (κ2) is 7.03. The summed E-state index contributed by atoms with van der Waals surface area (Å²) in [4.78, 5) is 11.9. The Morgan fingerprint density at radius 2 is 1.95 bits per heavy atom. The van der Waals surface area contributed by atoms with Crippen molar-refractivity contribution in [2.75, 3.05) is 19.3 Å². The fourth-order valence-corrected chi connectivity index (χ4v) is 2.42. The van der Waals surface area contributed by atoms with E-state index in [-0.39, 0.29) is 31.4 Å². The van der Waals surface area contributed by atoms with Crippen LogP contribution in [0.1, 0.15) is 21.5 Å². The Kier molecular flexibility index (Phi) is 5.94. The molecule has 0 saturated heterocycles. The number of sulfonamides is 1. The van der Waals surface area contributed by atoms with Gasteiger partial charge in [-0.2, -0.15) is 0 Å². The van der Waals surface area contributed by atoms with Crippen LogP contribution in [-0.4, -0.2) is 33.7 Å². The molecule has 0 aliphatic carbocycles. The molecule has 0 radical (unpaired) electrons. The monoisotopic (exact) mass is 319 g/mol. The van der Waals surface area contributed by atoms with Crippen LogP contribution in [0.4, 0.5) is 0 Å². The summed E-state index contributed by atoms with van der Waals surface area (Å²) in [6.07, 6.45) is 1.09. The molecule has 1 aromatic rings. The second-order valence-electron chi connectivity index (χ2n) is 4.51. The van der Waals surface area contributed by atoms with Gasteiger partial charge in [-0.15, -0.1) is 12.4 Å². The first kappa shape index (κ1) is 16.9. The van der Waals surface area contributed by atoms with E-state index in [1.807, 2.05) is 12.1 Å². The van der Waals surface area contributed by atoms with Crippen molar-refractivity contribution in [2.24, 2.45) is 0 Å². The van der Waals surface area contributed by atoms with Gasteiger partial charge in [0, 0.05) is 31.7 Å². The molecule has 8 heteroatoms. The topological polar surface area (TPSA) is 87.3 Å². The number of nitrogens with one attached hydrogen (secondary N) is 3. The highest BCUT2D eigenvalue weighted by Crippen LogP contribution is 2.16. The Hall–Kier alpha value is -1.15. The summed E-state index contributed by atoms with van der Waals surface area (Å²) in [6.45, 7) is 2.08. The molecule has 1 aliphatic heterocycles. The van der Waals surface area contributed by atoms with Gasteiger partial charge in [0.1, 0.15) is 0 Å². The minimum absolute atomic E-state index is 0. The summed E-state index contributed by atoms with van der Waals surface area (Å²) in [7, 11) is -3.20.